The molecular weight excluding hydrogens is 398 g/mol. The predicted molar refractivity (Wildman–Crippen MR) is 118 cm³/mol. The van der Waals surface area contributed by atoms with Crippen LogP contribution in [0.4, 0.5) is 0 Å². The summed E-state index contributed by atoms with van der Waals surface area (Å²) in [4.78, 5) is 32.6. The molecule has 0 aliphatic carbocycles. The number of thiophene rings is 1. The summed E-state index contributed by atoms with van der Waals surface area (Å²) in [5.74, 6) is 1.65. The number of nitrogens with one attached hydrogen (secondary N) is 1. The maximum Gasteiger partial charge on any atom is 0.261 e. The molecule has 1 aromatic carbocycles. The SMILES string of the molecule is CNC(=O)c1sc2ccccc2c1CC1CCCN1C(=O)CCn1nc(C)nc1C. The van der Waals surface area contributed by atoms with Crippen molar-refractivity contribution >= 4 is 33.2 Å². The van der Waals surface area contributed by atoms with Gasteiger partial charge < -0.3 is 10.2 Å². The van der Waals surface area contributed by atoms with Gasteiger partial charge in [0, 0.05) is 30.8 Å². The Bertz CT molecular complexity index is 1090. The number of benzene rings is 1. The number of likely N-dealkylation sites (tertiary alicyclic amines) is 1. The highest BCUT2D eigenvalue weighted by Gasteiger charge is 2.31. The van der Waals surface area contributed by atoms with Gasteiger partial charge in [0.1, 0.15) is 11.6 Å². The lowest BCUT2D eigenvalue weighted by Gasteiger charge is -2.25. The monoisotopic (exact) mass is 425 g/mol. The molecule has 4 rings (SSSR count). The molecule has 2 amide bonds. The molecule has 1 unspecified atom stereocenters. The van der Waals surface area contributed by atoms with Crippen LogP contribution in [0, 0.1) is 13.8 Å². The largest absolute Gasteiger partial charge is 0.354 e. The molecule has 1 aliphatic rings. The van der Waals surface area contributed by atoms with E-state index < -0.39 is 0 Å². The quantitative estimate of drug-likeness (QED) is 0.658. The van der Waals surface area contributed by atoms with Crippen molar-refractivity contribution in [3.63, 3.8) is 0 Å². The molecule has 1 saturated heterocycles. The molecule has 0 radical (unpaired) electrons. The Labute approximate surface area is 180 Å². The molecule has 0 spiro atoms. The highest BCUT2D eigenvalue weighted by atomic mass is 32.1. The van der Waals surface area contributed by atoms with E-state index in [1.54, 1.807) is 11.7 Å². The van der Waals surface area contributed by atoms with Crippen molar-refractivity contribution in [3.8, 4) is 0 Å². The highest BCUT2D eigenvalue weighted by molar-refractivity contribution is 7.21. The van der Waals surface area contributed by atoms with Crippen molar-refractivity contribution in [2.45, 2.75) is 52.1 Å². The molecule has 0 bridgehead atoms. The molecule has 3 aromatic rings. The summed E-state index contributed by atoms with van der Waals surface area (Å²) in [6.07, 6.45) is 3.08. The Balaban J connectivity index is 1.52. The van der Waals surface area contributed by atoms with Gasteiger partial charge >= 0.3 is 0 Å². The van der Waals surface area contributed by atoms with Crippen molar-refractivity contribution in [1.29, 1.82) is 0 Å². The first-order valence-electron chi connectivity index (χ1n) is 10.4. The Kier molecular flexibility index (Phi) is 5.85. The van der Waals surface area contributed by atoms with Crippen LogP contribution < -0.4 is 5.32 Å². The van der Waals surface area contributed by atoms with Crippen molar-refractivity contribution in [3.05, 3.63) is 46.4 Å². The Morgan fingerprint density at radius 1 is 1.27 bits per heavy atom. The van der Waals surface area contributed by atoms with Gasteiger partial charge in [-0.2, -0.15) is 5.10 Å². The van der Waals surface area contributed by atoms with Gasteiger partial charge in [-0.15, -0.1) is 11.3 Å². The molecular formula is C22H27N5O2S. The maximum atomic E-state index is 13.0. The average Bonchev–Trinajstić information content (AvgIpc) is 3.43. The molecule has 1 fully saturated rings. The Hall–Kier alpha value is -2.74. The summed E-state index contributed by atoms with van der Waals surface area (Å²) >= 11 is 1.53. The van der Waals surface area contributed by atoms with Gasteiger partial charge in [0.25, 0.3) is 5.91 Å². The van der Waals surface area contributed by atoms with Crippen LogP contribution in [0.2, 0.25) is 0 Å². The van der Waals surface area contributed by atoms with Crippen LogP contribution in [-0.4, -0.2) is 51.1 Å². The third kappa shape index (κ3) is 3.96. The number of fused-ring (bicyclic) bond motifs is 1. The Morgan fingerprint density at radius 3 is 2.80 bits per heavy atom. The van der Waals surface area contributed by atoms with Crippen molar-refractivity contribution in [1.82, 2.24) is 25.0 Å². The summed E-state index contributed by atoms with van der Waals surface area (Å²) < 4.78 is 2.91. The second-order valence-corrected chi connectivity index (χ2v) is 8.80. The zero-order valence-corrected chi connectivity index (χ0v) is 18.5. The lowest BCUT2D eigenvalue weighted by molar-refractivity contribution is -0.132. The van der Waals surface area contributed by atoms with Crippen LogP contribution in [-0.2, 0) is 17.8 Å². The molecule has 1 aliphatic heterocycles. The first-order chi connectivity index (χ1) is 14.5. The van der Waals surface area contributed by atoms with E-state index in [2.05, 4.69) is 27.5 Å². The number of hydrogen-bond acceptors (Lipinski definition) is 5. The fourth-order valence-corrected chi connectivity index (χ4v) is 5.51. The molecule has 30 heavy (non-hydrogen) atoms. The van der Waals surface area contributed by atoms with Crippen LogP contribution in [0.15, 0.2) is 24.3 Å². The molecule has 8 heteroatoms. The number of hydrogen-bond donors (Lipinski definition) is 1. The van der Waals surface area contributed by atoms with Crippen molar-refractivity contribution in [2.24, 2.45) is 0 Å². The molecule has 3 heterocycles. The normalized spacial score (nSPS) is 16.4. The number of rotatable bonds is 6. The number of aryl methyl sites for hydroxylation is 3. The smallest absolute Gasteiger partial charge is 0.261 e. The van der Waals surface area contributed by atoms with Crippen molar-refractivity contribution < 1.29 is 9.59 Å². The molecule has 7 nitrogen and oxygen atoms in total. The first-order valence-corrected chi connectivity index (χ1v) is 11.2. The van der Waals surface area contributed by atoms with Crippen LogP contribution in [0.25, 0.3) is 10.1 Å². The fourth-order valence-electron chi connectivity index (χ4n) is 4.33. The van der Waals surface area contributed by atoms with E-state index in [0.29, 0.717) is 19.4 Å². The second-order valence-electron chi connectivity index (χ2n) is 7.75. The predicted octanol–water partition coefficient (Wildman–Crippen LogP) is 3.09. The van der Waals surface area contributed by atoms with Gasteiger partial charge in [0.05, 0.1) is 11.4 Å². The van der Waals surface area contributed by atoms with Crippen LogP contribution in [0.5, 0.6) is 0 Å². The van der Waals surface area contributed by atoms with Crippen LogP contribution in [0.1, 0.15) is 46.1 Å². The molecule has 0 saturated carbocycles. The highest BCUT2D eigenvalue weighted by Crippen LogP contribution is 2.34. The van der Waals surface area contributed by atoms with Gasteiger partial charge in [0.15, 0.2) is 0 Å². The number of aromatic nitrogens is 3. The number of amides is 2. The minimum atomic E-state index is -0.0564. The van der Waals surface area contributed by atoms with Crippen LogP contribution >= 0.6 is 11.3 Å². The minimum absolute atomic E-state index is 0.0564. The topological polar surface area (TPSA) is 80.1 Å². The third-order valence-corrected chi connectivity index (χ3v) is 6.98. The Morgan fingerprint density at radius 2 is 2.07 bits per heavy atom. The molecule has 1 N–H and O–H groups in total. The standard InChI is InChI=1S/C22H27N5O2S/c1-14-24-15(2)27(25-14)12-10-20(28)26-11-6-7-16(26)13-18-17-8-4-5-9-19(17)30-21(18)22(29)23-3/h4-5,8-9,16H,6-7,10-13H2,1-3H3,(H,23,29). The van der Waals surface area contributed by atoms with E-state index in [0.717, 1.165) is 51.6 Å². The van der Waals surface area contributed by atoms with Gasteiger partial charge in [0.2, 0.25) is 5.91 Å². The molecule has 2 aromatic heterocycles. The first kappa shape index (κ1) is 20.5. The van der Waals surface area contributed by atoms with E-state index >= 15 is 0 Å². The molecule has 158 valence electrons. The summed E-state index contributed by atoms with van der Waals surface area (Å²) in [6, 6.07) is 8.25. The van der Waals surface area contributed by atoms with Gasteiger partial charge in [-0.1, -0.05) is 18.2 Å². The van der Waals surface area contributed by atoms with E-state index in [9.17, 15) is 9.59 Å². The van der Waals surface area contributed by atoms with Crippen LogP contribution in [0.3, 0.4) is 0 Å². The van der Waals surface area contributed by atoms with E-state index in [4.69, 9.17) is 0 Å². The lowest BCUT2D eigenvalue weighted by atomic mass is 10.00. The number of carbonyl (C=O) groups excluding carboxylic acids is 2. The zero-order chi connectivity index (χ0) is 21.3. The number of nitrogens with zero attached hydrogens (tertiary/aromatic N) is 4. The van der Waals surface area contributed by atoms with E-state index in [-0.39, 0.29) is 17.9 Å². The molecule has 1 atom stereocenters. The summed E-state index contributed by atoms with van der Waals surface area (Å²) in [6.45, 7) is 5.08. The third-order valence-electron chi connectivity index (χ3n) is 5.77. The summed E-state index contributed by atoms with van der Waals surface area (Å²) in [5.41, 5.74) is 1.06. The van der Waals surface area contributed by atoms with E-state index in [1.807, 2.05) is 30.9 Å². The summed E-state index contributed by atoms with van der Waals surface area (Å²) in [5, 5.41) is 8.24. The minimum Gasteiger partial charge on any atom is -0.354 e. The maximum absolute atomic E-state index is 13.0. The summed E-state index contributed by atoms with van der Waals surface area (Å²) in [7, 11) is 1.66. The van der Waals surface area contributed by atoms with Gasteiger partial charge in [-0.3, -0.25) is 9.59 Å². The zero-order valence-electron chi connectivity index (χ0n) is 17.6. The fraction of sp³-hybridized carbons (Fsp3) is 0.455. The lowest BCUT2D eigenvalue weighted by Crippen LogP contribution is -2.37. The van der Waals surface area contributed by atoms with Crippen molar-refractivity contribution in [2.75, 3.05) is 13.6 Å². The second kappa shape index (κ2) is 8.55. The van der Waals surface area contributed by atoms with Gasteiger partial charge in [-0.05, 0) is 50.1 Å². The number of carbonyl (C=O) groups is 2. The van der Waals surface area contributed by atoms with Gasteiger partial charge in [-0.25, -0.2) is 9.67 Å². The average molecular weight is 426 g/mol. The van der Waals surface area contributed by atoms with E-state index in [1.165, 1.54) is 11.3 Å².